The van der Waals surface area contributed by atoms with Crippen molar-refractivity contribution in [1.29, 1.82) is 0 Å². The number of piperidine rings is 1. The van der Waals surface area contributed by atoms with Gasteiger partial charge in [-0.15, -0.1) is 0 Å². The molecular formula is C12H26N4O2S. The maximum atomic E-state index is 12.1. The van der Waals surface area contributed by atoms with Crippen LogP contribution < -0.4 is 10.5 Å². The van der Waals surface area contributed by atoms with Crippen LogP contribution in [0.25, 0.3) is 0 Å². The van der Waals surface area contributed by atoms with Crippen molar-refractivity contribution in [2.75, 3.05) is 26.2 Å². The van der Waals surface area contributed by atoms with Crippen molar-refractivity contribution in [2.45, 2.75) is 51.2 Å². The zero-order valence-electron chi connectivity index (χ0n) is 11.9. The highest BCUT2D eigenvalue weighted by molar-refractivity contribution is 7.87. The number of nitrogens with one attached hydrogen (secondary N) is 1. The molecule has 6 nitrogen and oxygen atoms in total. The van der Waals surface area contributed by atoms with Gasteiger partial charge in [0.05, 0.1) is 0 Å². The summed E-state index contributed by atoms with van der Waals surface area (Å²) in [7, 11) is -3.31. The predicted octanol–water partition coefficient (Wildman–Crippen LogP) is -0.273. The fraction of sp³-hybridized carbons (Fsp3) is 1.00. The Balaban J connectivity index is 1.89. The van der Waals surface area contributed by atoms with Crippen LogP contribution in [0.15, 0.2) is 0 Å². The van der Waals surface area contributed by atoms with Crippen LogP contribution in [0.4, 0.5) is 0 Å². The second-order valence-electron chi connectivity index (χ2n) is 5.95. The molecule has 112 valence electrons. The molecule has 0 radical (unpaired) electrons. The Morgan fingerprint density at radius 2 is 1.79 bits per heavy atom. The summed E-state index contributed by atoms with van der Waals surface area (Å²) in [5.74, 6) is 0. The summed E-state index contributed by atoms with van der Waals surface area (Å²) in [6, 6.07) is 0.619. The van der Waals surface area contributed by atoms with Gasteiger partial charge in [0.25, 0.3) is 10.2 Å². The predicted molar refractivity (Wildman–Crippen MR) is 76.0 cm³/mol. The van der Waals surface area contributed by atoms with E-state index in [2.05, 4.69) is 9.62 Å². The Morgan fingerprint density at radius 1 is 1.16 bits per heavy atom. The molecule has 0 aromatic carbocycles. The Bertz CT molecular complexity index is 391. The summed E-state index contributed by atoms with van der Waals surface area (Å²) >= 11 is 0. The third-order valence-corrected chi connectivity index (χ3v) is 5.72. The van der Waals surface area contributed by atoms with Gasteiger partial charge in [-0.05, 0) is 46.2 Å². The smallest absolute Gasteiger partial charge is 0.279 e. The van der Waals surface area contributed by atoms with E-state index >= 15 is 0 Å². The van der Waals surface area contributed by atoms with E-state index in [0.717, 1.165) is 32.4 Å². The number of nitrogens with zero attached hydrogens (tertiary/aromatic N) is 2. The van der Waals surface area contributed by atoms with Gasteiger partial charge in [-0.2, -0.15) is 17.4 Å². The highest BCUT2D eigenvalue weighted by Gasteiger charge is 2.35. The third-order valence-electron chi connectivity index (χ3n) is 3.94. The number of hydrogen-bond acceptors (Lipinski definition) is 4. The molecule has 2 fully saturated rings. The van der Waals surface area contributed by atoms with Crippen LogP contribution >= 0.6 is 0 Å². The van der Waals surface area contributed by atoms with Gasteiger partial charge in [0, 0.05) is 31.2 Å². The van der Waals surface area contributed by atoms with Crippen molar-refractivity contribution in [2.24, 2.45) is 5.73 Å². The lowest BCUT2D eigenvalue weighted by Gasteiger charge is -2.34. The lowest BCUT2D eigenvalue weighted by Crippen LogP contribution is -2.47. The maximum absolute atomic E-state index is 12.1. The molecule has 1 unspecified atom stereocenters. The maximum Gasteiger partial charge on any atom is 0.279 e. The van der Waals surface area contributed by atoms with Gasteiger partial charge in [-0.1, -0.05) is 0 Å². The van der Waals surface area contributed by atoms with E-state index in [4.69, 9.17) is 5.73 Å². The van der Waals surface area contributed by atoms with Crippen LogP contribution in [0.2, 0.25) is 0 Å². The van der Waals surface area contributed by atoms with Crippen LogP contribution in [0, 0.1) is 0 Å². The van der Waals surface area contributed by atoms with Crippen molar-refractivity contribution in [3.05, 3.63) is 0 Å². The summed E-state index contributed by atoms with van der Waals surface area (Å²) < 4.78 is 28.4. The molecule has 7 heteroatoms. The van der Waals surface area contributed by atoms with Crippen molar-refractivity contribution < 1.29 is 8.42 Å². The van der Waals surface area contributed by atoms with E-state index in [0.29, 0.717) is 25.2 Å². The molecule has 0 aromatic heterocycles. The van der Waals surface area contributed by atoms with Crippen LogP contribution in [0.5, 0.6) is 0 Å². The molecule has 0 spiro atoms. The summed E-state index contributed by atoms with van der Waals surface area (Å²) in [4.78, 5) is 2.40. The fourth-order valence-corrected chi connectivity index (χ4v) is 4.34. The molecule has 2 rings (SSSR count). The first kappa shape index (κ1) is 15.2. The minimum Gasteiger partial charge on any atom is -0.328 e. The lowest BCUT2D eigenvalue weighted by molar-refractivity contribution is 0.159. The molecule has 0 amide bonds. The van der Waals surface area contributed by atoms with Crippen LogP contribution in [-0.2, 0) is 10.2 Å². The number of rotatable bonds is 4. The van der Waals surface area contributed by atoms with E-state index in [1.54, 1.807) is 4.31 Å². The van der Waals surface area contributed by atoms with E-state index in [9.17, 15) is 8.42 Å². The monoisotopic (exact) mass is 290 g/mol. The fourth-order valence-electron chi connectivity index (χ4n) is 2.88. The number of likely N-dealkylation sites (tertiary alicyclic amines) is 1. The molecule has 0 aromatic rings. The average molecular weight is 290 g/mol. The molecule has 2 saturated heterocycles. The largest absolute Gasteiger partial charge is 0.328 e. The van der Waals surface area contributed by atoms with Gasteiger partial charge < -0.3 is 5.73 Å². The average Bonchev–Trinajstić information content (AvgIpc) is 2.78. The molecule has 2 heterocycles. The van der Waals surface area contributed by atoms with Gasteiger partial charge in [-0.3, -0.25) is 4.90 Å². The van der Waals surface area contributed by atoms with E-state index in [-0.39, 0.29) is 6.04 Å². The topological polar surface area (TPSA) is 78.7 Å². The summed E-state index contributed by atoms with van der Waals surface area (Å²) in [5, 5.41) is 0. The molecule has 1 atom stereocenters. The number of nitrogens with two attached hydrogens (primary N) is 1. The highest BCUT2D eigenvalue weighted by Crippen LogP contribution is 2.21. The molecule has 3 N–H and O–H groups in total. The van der Waals surface area contributed by atoms with Crippen molar-refractivity contribution in [3.8, 4) is 0 Å². The van der Waals surface area contributed by atoms with Gasteiger partial charge in [0.2, 0.25) is 0 Å². The van der Waals surface area contributed by atoms with Crippen molar-refractivity contribution >= 4 is 10.2 Å². The first-order chi connectivity index (χ1) is 8.88. The standard InChI is InChI=1S/C12H26N4O2S/c1-10(2)14-19(17,18)16-8-5-12(9-16)15-6-3-11(13)4-7-15/h10-12,14H,3-9,13H2,1-2H3. The Kier molecular flexibility index (Phi) is 4.84. The van der Waals surface area contributed by atoms with E-state index in [1.165, 1.54) is 0 Å². The first-order valence-electron chi connectivity index (χ1n) is 7.15. The van der Waals surface area contributed by atoms with Gasteiger partial charge in [0.1, 0.15) is 0 Å². The summed E-state index contributed by atoms with van der Waals surface area (Å²) in [5.41, 5.74) is 5.90. The molecule has 0 saturated carbocycles. The third kappa shape index (κ3) is 3.88. The Morgan fingerprint density at radius 3 is 2.37 bits per heavy atom. The van der Waals surface area contributed by atoms with Crippen LogP contribution in [-0.4, -0.2) is 61.9 Å². The second kappa shape index (κ2) is 6.05. The second-order valence-corrected chi connectivity index (χ2v) is 7.65. The molecule has 0 bridgehead atoms. The molecule has 2 aliphatic rings. The minimum atomic E-state index is -3.31. The molecule has 19 heavy (non-hydrogen) atoms. The molecule has 2 aliphatic heterocycles. The van der Waals surface area contributed by atoms with Crippen molar-refractivity contribution in [3.63, 3.8) is 0 Å². The van der Waals surface area contributed by atoms with Gasteiger partial charge in [0.15, 0.2) is 0 Å². The van der Waals surface area contributed by atoms with Crippen LogP contribution in [0.1, 0.15) is 33.1 Å². The summed E-state index contributed by atoms with van der Waals surface area (Å²) in [6.07, 6.45) is 2.97. The zero-order chi connectivity index (χ0) is 14.0. The normalized spacial score (nSPS) is 28.3. The zero-order valence-corrected chi connectivity index (χ0v) is 12.7. The lowest BCUT2D eigenvalue weighted by atomic mass is 10.0. The molecular weight excluding hydrogens is 264 g/mol. The van der Waals surface area contributed by atoms with Gasteiger partial charge >= 0.3 is 0 Å². The molecule has 0 aliphatic carbocycles. The van der Waals surface area contributed by atoms with Gasteiger partial charge in [-0.25, -0.2) is 0 Å². The summed E-state index contributed by atoms with van der Waals surface area (Å²) in [6.45, 7) is 6.91. The van der Waals surface area contributed by atoms with Crippen molar-refractivity contribution in [1.82, 2.24) is 13.9 Å². The minimum absolute atomic E-state index is 0.0583. The quantitative estimate of drug-likeness (QED) is 0.747. The Hall–Kier alpha value is -0.210. The first-order valence-corrected chi connectivity index (χ1v) is 8.59. The van der Waals surface area contributed by atoms with E-state index in [1.807, 2.05) is 13.8 Å². The SMILES string of the molecule is CC(C)NS(=O)(=O)N1CCC(N2CCC(N)CC2)C1. The Labute approximate surface area is 116 Å². The van der Waals surface area contributed by atoms with Crippen LogP contribution in [0.3, 0.4) is 0 Å². The van der Waals surface area contributed by atoms with E-state index < -0.39 is 10.2 Å². The highest BCUT2D eigenvalue weighted by atomic mass is 32.2. The number of hydrogen-bond donors (Lipinski definition) is 2.